The van der Waals surface area contributed by atoms with Gasteiger partial charge in [-0.2, -0.15) is 0 Å². The summed E-state index contributed by atoms with van der Waals surface area (Å²) in [5, 5.41) is 7.43. The van der Waals surface area contributed by atoms with Crippen LogP contribution in [0, 0.1) is 30.2 Å². The zero-order valence-electron chi connectivity index (χ0n) is 33.4. The first-order valence-corrected chi connectivity index (χ1v) is 21.8. The molecule has 0 aliphatic heterocycles. The molecule has 0 unspecified atom stereocenters. The Morgan fingerprint density at radius 1 is 0.433 bits per heavy atom. The molecule has 0 saturated heterocycles. The van der Waals surface area contributed by atoms with Crippen molar-refractivity contribution in [1.29, 1.82) is 0 Å². The van der Waals surface area contributed by atoms with E-state index in [9.17, 15) is 0 Å². The van der Waals surface area contributed by atoms with Crippen LogP contribution < -0.4 is 9.80 Å². The summed E-state index contributed by atoms with van der Waals surface area (Å²) in [6.45, 7) is 7.76. The lowest BCUT2D eigenvalue weighted by molar-refractivity contribution is -0.0399. The third-order valence-electron chi connectivity index (χ3n) is 15.2. The molecule has 0 N–H and O–H groups in total. The van der Waals surface area contributed by atoms with Crippen LogP contribution >= 0.6 is 0 Å². The van der Waals surface area contributed by atoms with E-state index >= 15 is 0 Å². The monoisotopic (exact) mass is 769 g/mol. The van der Waals surface area contributed by atoms with Crippen LogP contribution in [0.25, 0.3) is 48.3 Å². The van der Waals surface area contributed by atoms with Crippen molar-refractivity contribution < 1.29 is 0 Å². The molecule has 14 rings (SSSR count). The largest absolute Gasteiger partial charge is 0.310 e. The minimum Gasteiger partial charge on any atom is -0.310 e. The van der Waals surface area contributed by atoms with Crippen molar-refractivity contribution in [2.24, 2.45) is 23.7 Å². The molecule has 4 bridgehead atoms. The second-order valence-corrected chi connectivity index (χ2v) is 18.0. The van der Waals surface area contributed by atoms with Gasteiger partial charge in [0, 0.05) is 38.9 Å². The summed E-state index contributed by atoms with van der Waals surface area (Å²) in [4.78, 5) is 8.61. The maximum absolute atomic E-state index is 7.76. The number of hydrogen-bond acceptors (Lipinski definition) is 2. The van der Waals surface area contributed by atoms with Crippen LogP contribution in [0.1, 0.15) is 43.2 Å². The van der Waals surface area contributed by atoms with Crippen LogP contribution in [0.15, 0.2) is 176 Å². The zero-order chi connectivity index (χ0) is 39.5. The fourth-order valence-electron chi connectivity index (χ4n) is 13.1. The molecular weight excluding hydrogens is 727 g/mol. The van der Waals surface area contributed by atoms with E-state index in [1.54, 1.807) is 11.1 Å². The highest BCUT2D eigenvalue weighted by molar-refractivity contribution is 6.28. The molecule has 3 nitrogen and oxygen atoms in total. The molecule has 9 aromatic rings. The second-order valence-electron chi connectivity index (χ2n) is 18.0. The third-order valence-corrected chi connectivity index (χ3v) is 15.2. The van der Waals surface area contributed by atoms with Gasteiger partial charge >= 0.3 is 0 Å². The number of hydrogen-bond donors (Lipinski definition) is 0. The van der Waals surface area contributed by atoms with Gasteiger partial charge in [0.25, 0.3) is 0 Å². The Hall–Kier alpha value is -6.89. The lowest BCUT2D eigenvalue weighted by Gasteiger charge is -2.61. The van der Waals surface area contributed by atoms with Gasteiger partial charge in [0.2, 0.25) is 0 Å². The Labute approximate surface area is 351 Å². The van der Waals surface area contributed by atoms with Crippen molar-refractivity contribution in [3.63, 3.8) is 0 Å². The number of fused-ring (bicyclic) bond motifs is 3. The first kappa shape index (κ1) is 34.0. The van der Waals surface area contributed by atoms with Crippen molar-refractivity contribution in [2.75, 3.05) is 9.80 Å². The fraction of sp³-hybridized carbons (Fsp3) is 0.175. The van der Waals surface area contributed by atoms with Crippen molar-refractivity contribution in [3.8, 4) is 11.1 Å². The van der Waals surface area contributed by atoms with Gasteiger partial charge in [-0.15, -0.1) is 0 Å². The smallest absolute Gasteiger partial charge is 0.187 e. The van der Waals surface area contributed by atoms with Gasteiger partial charge in [-0.3, -0.25) is 0 Å². The third kappa shape index (κ3) is 4.71. The zero-order valence-corrected chi connectivity index (χ0v) is 33.4. The molecule has 60 heavy (non-hydrogen) atoms. The van der Waals surface area contributed by atoms with Crippen molar-refractivity contribution in [2.45, 2.75) is 37.5 Å². The van der Waals surface area contributed by atoms with Crippen LogP contribution in [0.4, 0.5) is 39.8 Å². The molecule has 0 atom stereocenters. The van der Waals surface area contributed by atoms with Crippen LogP contribution in [-0.4, -0.2) is 0 Å². The van der Waals surface area contributed by atoms with Crippen molar-refractivity contribution in [3.05, 3.63) is 198 Å². The number of nitrogens with zero attached hydrogens (tertiary/aromatic N) is 3. The molecule has 286 valence electrons. The minimum absolute atomic E-state index is 0.123. The lowest BCUT2D eigenvalue weighted by atomic mass is 9.43. The topological polar surface area (TPSA) is 10.8 Å². The Kier molecular flexibility index (Phi) is 7.26. The van der Waals surface area contributed by atoms with E-state index in [1.165, 1.54) is 75.5 Å². The molecule has 0 radical (unpaired) electrons. The summed E-state index contributed by atoms with van der Waals surface area (Å²) in [6.07, 6.45) is 6.96. The minimum atomic E-state index is 0.123. The highest BCUT2D eigenvalue weighted by atomic mass is 15.1. The number of para-hydroxylation sites is 2. The van der Waals surface area contributed by atoms with Crippen molar-refractivity contribution in [1.82, 2.24) is 0 Å². The van der Waals surface area contributed by atoms with E-state index in [1.807, 2.05) is 12.1 Å². The molecule has 1 spiro atoms. The highest BCUT2D eigenvalue weighted by Gasteiger charge is 2.61. The molecule has 5 aliphatic carbocycles. The summed E-state index contributed by atoms with van der Waals surface area (Å²) in [6, 6.07) is 64.9. The molecule has 4 saturated carbocycles. The first-order chi connectivity index (χ1) is 29.7. The molecule has 0 heterocycles. The average Bonchev–Trinajstić information content (AvgIpc) is 3.59. The standard InChI is InChI=1S/C57H43N3/c1-58-42-20-22-45(23-21-42)60(46-24-27-52-50(35-46)47-14-8-9-15-51(47)57(52)40-31-36-30-37(33-40)34-41(57)32-36)54-29-19-39-16-25-48-53(28-18-38-17-26-49(54)56(39)55(38)48)59(43-10-4-2-5-11-43)44-12-6-3-7-13-44/h2-29,35-37,40-41H,30-34H2. The summed E-state index contributed by atoms with van der Waals surface area (Å²) in [5.74, 6) is 3.27. The normalized spacial score (nSPS) is 22.1. The van der Waals surface area contributed by atoms with E-state index in [4.69, 9.17) is 6.57 Å². The van der Waals surface area contributed by atoms with Crippen LogP contribution in [0.3, 0.4) is 0 Å². The first-order valence-electron chi connectivity index (χ1n) is 21.8. The van der Waals surface area contributed by atoms with E-state index < -0.39 is 0 Å². The van der Waals surface area contributed by atoms with Crippen molar-refractivity contribution >= 4 is 72.1 Å². The highest BCUT2D eigenvalue weighted by Crippen LogP contribution is 2.69. The van der Waals surface area contributed by atoms with Crippen LogP contribution in [-0.2, 0) is 5.41 Å². The maximum Gasteiger partial charge on any atom is 0.187 e. The predicted octanol–water partition coefficient (Wildman–Crippen LogP) is 15.8. The predicted molar refractivity (Wildman–Crippen MR) is 249 cm³/mol. The van der Waals surface area contributed by atoms with Crippen LogP contribution in [0.5, 0.6) is 0 Å². The lowest BCUT2D eigenvalue weighted by Crippen LogP contribution is -2.55. The van der Waals surface area contributed by atoms with Gasteiger partial charge in [0.15, 0.2) is 5.69 Å². The molecule has 5 aliphatic rings. The molecule has 9 aromatic carbocycles. The molecule has 0 aromatic heterocycles. The average molecular weight is 770 g/mol. The van der Waals surface area contributed by atoms with E-state index in [-0.39, 0.29) is 5.41 Å². The Bertz CT molecular complexity index is 3110. The molecule has 0 amide bonds. The quantitative estimate of drug-likeness (QED) is 0.123. The molecular formula is C57H43N3. The number of benzene rings is 9. The maximum atomic E-state index is 7.76. The second kappa shape index (κ2) is 12.8. The Morgan fingerprint density at radius 2 is 0.917 bits per heavy atom. The van der Waals surface area contributed by atoms with E-state index in [2.05, 4.69) is 178 Å². The molecule has 3 heteroatoms. The summed E-state index contributed by atoms with van der Waals surface area (Å²) < 4.78 is 0. The van der Waals surface area contributed by atoms with Gasteiger partial charge in [-0.25, -0.2) is 4.85 Å². The fourth-order valence-corrected chi connectivity index (χ4v) is 13.1. The Balaban J connectivity index is 1.03. The van der Waals surface area contributed by atoms with Gasteiger partial charge in [0.05, 0.1) is 17.9 Å². The van der Waals surface area contributed by atoms with Gasteiger partial charge < -0.3 is 9.80 Å². The number of rotatable bonds is 6. The number of anilines is 6. The SMILES string of the molecule is [C-]#[N+]c1ccc(N(c2ccc3c(c2)-c2ccccc2C32C3CC4CC(C3)CC2C4)c2ccc3ccc4c(N(c5ccccc5)c5ccccc5)ccc5ccc2c3c54)cc1. The van der Waals surface area contributed by atoms with Gasteiger partial charge in [0.1, 0.15) is 0 Å². The van der Waals surface area contributed by atoms with Gasteiger partial charge in [-0.05, 0) is 160 Å². The summed E-state index contributed by atoms with van der Waals surface area (Å²) in [7, 11) is 0. The van der Waals surface area contributed by atoms with E-state index in [0.717, 1.165) is 57.8 Å². The van der Waals surface area contributed by atoms with Gasteiger partial charge in [-0.1, -0.05) is 115 Å². The Morgan fingerprint density at radius 3 is 1.50 bits per heavy atom. The summed E-state index contributed by atoms with van der Waals surface area (Å²) >= 11 is 0. The van der Waals surface area contributed by atoms with E-state index in [0.29, 0.717) is 5.69 Å². The van der Waals surface area contributed by atoms with Crippen LogP contribution in [0.2, 0.25) is 0 Å². The molecule has 4 fully saturated rings. The summed E-state index contributed by atoms with van der Waals surface area (Å²) in [5.41, 5.74) is 13.5.